The minimum atomic E-state index is -0.360. The van der Waals surface area contributed by atoms with Crippen molar-refractivity contribution in [1.29, 1.82) is 0 Å². The molecule has 0 amide bonds. The molecule has 0 aliphatic heterocycles. The number of nitrogens with zero attached hydrogens (tertiary/aromatic N) is 3. The van der Waals surface area contributed by atoms with E-state index in [1.54, 1.807) is 0 Å². The van der Waals surface area contributed by atoms with Gasteiger partial charge in [-0.05, 0) is 86.8 Å². The van der Waals surface area contributed by atoms with Gasteiger partial charge in [-0.3, -0.25) is 10.1 Å². The fourth-order valence-corrected chi connectivity index (χ4v) is 6.52. The summed E-state index contributed by atoms with van der Waals surface area (Å²) in [6, 6.07) is 8.06. The van der Waals surface area contributed by atoms with Crippen molar-refractivity contribution < 1.29 is 4.92 Å². The third-order valence-corrected chi connectivity index (χ3v) is 7.46. The molecule has 6 rings (SSSR count). The molecule has 2 aromatic rings. The van der Waals surface area contributed by atoms with E-state index in [9.17, 15) is 10.1 Å². The maximum absolute atomic E-state index is 12.0. The molecule has 2 N–H and O–H groups in total. The van der Waals surface area contributed by atoms with Crippen LogP contribution in [0.4, 0.5) is 23.0 Å². The Morgan fingerprint density at radius 1 is 1.03 bits per heavy atom. The monoisotopic (exact) mass is 421 g/mol. The van der Waals surface area contributed by atoms with Crippen LogP contribution in [0.3, 0.4) is 0 Å². The molecule has 1 heterocycles. The molecule has 4 aliphatic rings. The summed E-state index contributed by atoms with van der Waals surface area (Å²) in [5, 5.41) is 18.8. The van der Waals surface area contributed by atoms with Crippen LogP contribution < -0.4 is 10.6 Å². The highest BCUT2D eigenvalue weighted by atomic mass is 16.6. The second-order valence-electron chi connectivity index (χ2n) is 9.92. The average molecular weight is 422 g/mol. The van der Waals surface area contributed by atoms with Crippen LogP contribution in [0.25, 0.3) is 0 Å². The van der Waals surface area contributed by atoms with E-state index in [2.05, 4.69) is 39.7 Å². The lowest BCUT2D eigenvalue weighted by Gasteiger charge is -2.57. The van der Waals surface area contributed by atoms with Gasteiger partial charge in [0.15, 0.2) is 0 Å². The number of hydrogen-bond acceptors (Lipinski definition) is 6. The van der Waals surface area contributed by atoms with Crippen molar-refractivity contribution in [2.45, 2.75) is 70.3 Å². The molecule has 0 saturated heterocycles. The smallest absolute Gasteiger partial charge is 0.353 e. The van der Waals surface area contributed by atoms with Crippen molar-refractivity contribution in [3.8, 4) is 0 Å². The molecule has 4 saturated carbocycles. The summed E-state index contributed by atoms with van der Waals surface area (Å²) in [7, 11) is 0. The van der Waals surface area contributed by atoms with Crippen molar-refractivity contribution in [3.05, 3.63) is 46.3 Å². The number of aryl methyl sites for hydroxylation is 1. The quantitative estimate of drug-likeness (QED) is 0.410. The Hall–Kier alpha value is -2.70. The van der Waals surface area contributed by atoms with E-state index in [1.165, 1.54) is 31.2 Å². The van der Waals surface area contributed by atoms with E-state index < -0.39 is 0 Å². The van der Waals surface area contributed by atoms with Crippen molar-refractivity contribution >= 4 is 23.0 Å². The van der Waals surface area contributed by atoms with Gasteiger partial charge in [0, 0.05) is 11.2 Å². The largest absolute Gasteiger partial charge is 0.359 e. The molecule has 0 spiro atoms. The van der Waals surface area contributed by atoms with Gasteiger partial charge in [-0.1, -0.05) is 25.5 Å². The van der Waals surface area contributed by atoms with Crippen molar-refractivity contribution in [2.75, 3.05) is 10.6 Å². The van der Waals surface area contributed by atoms with Crippen LogP contribution in [-0.2, 0) is 6.42 Å². The zero-order valence-electron chi connectivity index (χ0n) is 18.1. The molecule has 7 heteroatoms. The van der Waals surface area contributed by atoms with Gasteiger partial charge in [0.1, 0.15) is 6.33 Å². The van der Waals surface area contributed by atoms with E-state index >= 15 is 0 Å². The Kier molecular flexibility index (Phi) is 5.28. The molecule has 4 aliphatic carbocycles. The number of aromatic nitrogens is 2. The lowest BCUT2D eigenvalue weighted by Crippen LogP contribution is -2.55. The number of nitro groups is 1. The van der Waals surface area contributed by atoms with Crippen molar-refractivity contribution in [3.63, 3.8) is 0 Å². The molecule has 31 heavy (non-hydrogen) atoms. The number of rotatable bonds is 8. The summed E-state index contributed by atoms with van der Waals surface area (Å²) in [6.07, 6.45) is 12.1. The van der Waals surface area contributed by atoms with Crippen LogP contribution >= 0.6 is 0 Å². The fourth-order valence-electron chi connectivity index (χ4n) is 6.52. The first-order valence-corrected chi connectivity index (χ1v) is 11.7. The molecule has 0 radical (unpaired) electrons. The topological polar surface area (TPSA) is 93.0 Å². The highest BCUT2D eigenvalue weighted by molar-refractivity contribution is 5.74. The van der Waals surface area contributed by atoms with Crippen LogP contribution in [0, 0.1) is 27.9 Å². The third-order valence-electron chi connectivity index (χ3n) is 7.46. The van der Waals surface area contributed by atoms with Gasteiger partial charge >= 0.3 is 5.69 Å². The van der Waals surface area contributed by atoms with Crippen LogP contribution in [0.2, 0.25) is 0 Å². The normalized spacial score (nSPS) is 28.5. The molecule has 7 nitrogen and oxygen atoms in total. The van der Waals surface area contributed by atoms with Crippen molar-refractivity contribution in [2.24, 2.45) is 17.8 Å². The average Bonchev–Trinajstić information content (AvgIpc) is 2.72. The van der Waals surface area contributed by atoms with Gasteiger partial charge in [-0.2, -0.15) is 0 Å². The van der Waals surface area contributed by atoms with Gasteiger partial charge in [0.05, 0.1) is 4.92 Å². The number of benzene rings is 1. The van der Waals surface area contributed by atoms with Gasteiger partial charge in [-0.15, -0.1) is 0 Å². The van der Waals surface area contributed by atoms with Gasteiger partial charge in [-0.25, -0.2) is 9.97 Å². The molecular formula is C24H31N5O2. The van der Waals surface area contributed by atoms with Gasteiger partial charge < -0.3 is 10.6 Å². The number of hydrogen-bond donors (Lipinski definition) is 2. The SMILES string of the molecule is CCCCc1ccc(Nc2ncnc(NC34CC5CC(CC(C5)C3)C4)c2[N+](=O)[O-])cc1. The van der Waals surface area contributed by atoms with E-state index in [0.29, 0.717) is 5.82 Å². The summed E-state index contributed by atoms with van der Waals surface area (Å²) < 4.78 is 0. The first-order chi connectivity index (χ1) is 15.0. The summed E-state index contributed by atoms with van der Waals surface area (Å²) in [5.41, 5.74) is 1.95. The van der Waals surface area contributed by atoms with Crippen molar-refractivity contribution in [1.82, 2.24) is 9.97 Å². The first-order valence-electron chi connectivity index (χ1n) is 11.7. The van der Waals surface area contributed by atoms with Crippen LogP contribution in [0.5, 0.6) is 0 Å². The zero-order valence-corrected chi connectivity index (χ0v) is 18.1. The molecule has 164 valence electrons. The lowest BCUT2D eigenvalue weighted by molar-refractivity contribution is -0.383. The van der Waals surface area contributed by atoms with Gasteiger partial charge in [0.2, 0.25) is 11.6 Å². The summed E-state index contributed by atoms with van der Waals surface area (Å²) in [4.78, 5) is 20.2. The lowest BCUT2D eigenvalue weighted by atomic mass is 9.53. The Bertz CT molecular complexity index is 924. The zero-order chi connectivity index (χ0) is 21.4. The summed E-state index contributed by atoms with van der Waals surface area (Å²) >= 11 is 0. The second kappa shape index (κ2) is 8.09. The fraction of sp³-hybridized carbons (Fsp3) is 0.583. The number of anilines is 3. The van der Waals surface area contributed by atoms with E-state index in [4.69, 9.17) is 0 Å². The third kappa shape index (κ3) is 4.10. The predicted octanol–water partition coefficient (Wildman–Crippen LogP) is 5.85. The highest BCUT2D eigenvalue weighted by Gasteiger charge is 2.51. The van der Waals surface area contributed by atoms with E-state index in [1.807, 2.05) is 12.1 Å². The molecule has 4 fully saturated rings. The predicted molar refractivity (Wildman–Crippen MR) is 122 cm³/mol. The molecular weight excluding hydrogens is 390 g/mol. The van der Waals surface area contributed by atoms with Crippen LogP contribution in [-0.4, -0.2) is 20.4 Å². The van der Waals surface area contributed by atoms with Crippen LogP contribution in [0.15, 0.2) is 30.6 Å². The highest BCUT2D eigenvalue weighted by Crippen LogP contribution is 2.57. The molecule has 1 aromatic carbocycles. The molecule has 4 bridgehead atoms. The van der Waals surface area contributed by atoms with E-state index in [0.717, 1.165) is 62.0 Å². The minimum absolute atomic E-state index is 0.0495. The van der Waals surface area contributed by atoms with Gasteiger partial charge in [0.25, 0.3) is 0 Å². The maximum Gasteiger partial charge on any atom is 0.353 e. The number of nitrogens with one attached hydrogen (secondary N) is 2. The Morgan fingerprint density at radius 3 is 2.23 bits per heavy atom. The molecule has 0 unspecified atom stereocenters. The van der Waals surface area contributed by atoms with Crippen LogP contribution in [0.1, 0.15) is 63.9 Å². The Balaban J connectivity index is 1.39. The summed E-state index contributed by atoms with van der Waals surface area (Å²) in [5.74, 6) is 2.85. The Labute approximate surface area is 183 Å². The summed E-state index contributed by atoms with van der Waals surface area (Å²) in [6.45, 7) is 2.18. The molecule has 0 atom stereocenters. The minimum Gasteiger partial charge on any atom is -0.359 e. The number of unbranched alkanes of at least 4 members (excludes halogenated alkanes) is 1. The second-order valence-corrected chi connectivity index (χ2v) is 9.92. The molecule has 1 aromatic heterocycles. The maximum atomic E-state index is 12.0. The first kappa shape index (κ1) is 20.2. The standard InChI is InChI=1S/C24H31N5O2/c1-2-3-4-16-5-7-20(8-6-16)27-22-21(29(30)31)23(26-15-25-22)28-24-12-17-9-18(13-24)11-19(10-17)14-24/h5-8,15,17-19H,2-4,9-14H2,1H3,(H2,25,26,27,28). The van der Waals surface area contributed by atoms with E-state index in [-0.39, 0.29) is 22.0 Å². The Morgan fingerprint density at radius 2 is 1.65 bits per heavy atom.